The topological polar surface area (TPSA) is 26.0 Å². The Morgan fingerprint density at radius 1 is 1.25 bits per heavy atom. The van der Waals surface area contributed by atoms with E-state index in [1.807, 2.05) is 0 Å². The SMILES string of the molecule is Cl.NC1(c2cccc(C(F)(F)F)c2Cl)CC1. The molecule has 6 heteroatoms. The summed E-state index contributed by atoms with van der Waals surface area (Å²) in [7, 11) is 0. The van der Waals surface area contributed by atoms with Crippen LogP contribution in [0.2, 0.25) is 5.02 Å². The first-order chi connectivity index (χ1) is 6.84. The van der Waals surface area contributed by atoms with E-state index in [4.69, 9.17) is 17.3 Å². The summed E-state index contributed by atoms with van der Waals surface area (Å²) in [6.45, 7) is 0. The molecule has 0 heterocycles. The van der Waals surface area contributed by atoms with Crippen LogP contribution in [-0.4, -0.2) is 0 Å². The minimum Gasteiger partial charge on any atom is -0.321 e. The number of hydrogen-bond donors (Lipinski definition) is 1. The van der Waals surface area contributed by atoms with E-state index in [1.165, 1.54) is 6.07 Å². The third-order valence-electron chi connectivity index (χ3n) is 2.63. The second-order valence-electron chi connectivity index (χ2n) is 3.82. The van der Waals surface area contributed by atoms with Crippen molar-refractivity contribution in [2.45, 2.75) is 24.6 Å². The number of alkyl halides is 3. The van der Waals surface area contributed by atoms with Crippen molar-refractivity contribution in [1.82, 2.24) is 0 Å². The van der Waals surface area contributed by atoms with E-state index in [0.29, 0.717) is 18.4 Å². The third-order valence-corrected chi connectivity index (χ3v) is 3.04. The zero-order chi connectivity index (χ0) is 11.3. The molecule has 0 radical (unpaired) electrons. The molecule has 0 aliphatic heterocycles. The van der Waals surface area contributed by atoms with Crippen molar-refractivity contribution in [2.75, 3.05) is 0 Å². The van der Waals surface area contributed by atoms with Crippen molar-refractivity contribution < 1.29 is 13.2 Å². The van der Waals surface area contributed by atoms with Crippen LogP contribution in [-0.2, 0) is 11.7 Å². The smallest absolute Gasteiger partial charge is 0.321 e. The van der Waals surface area contributed by atoms with E-state index >= 15 is 0 Å². The van der Waals surface area contributed by atoms with Gasteiger partial charge in [-0.05, 0) is 24.5 Å². The van der Waals surface area contributed by atoms with Crippen LogP contribution in [0.15, 0.2) is 18.2 Å². The van der Waals surface area contributed by atoms with E-state index in [1.54, 1.807) is 6.07 Å². The Kier molecular flexibility index (Phi) is 3.48. The van der Waals surface area contributed by atoms with Gasteiger partial charge >= 0.3 is 6.18 Å². The molecule has 0 bridgehead atoms. The monoisotopic (exact) mass is 271 g/mol. The molecule has 16 heavy (non-hydrogen) atoms. The molecule has 0 amide bonds. The third kappa shape index (κ3) is 2.29. The van der Waals surface area contributed by atoms with Gasteiger partial charge in [0.25, 0.3) is 0 Å². The van der Waals surface area contributed by atoms with Crippen LogP contribution in [0, 0.1) is 0 Å². The van der Waals surface area contributed by atoms with Crippen LogP contribution >= 0.6 is 24.0 Å². The van der Waals surface area contributed by atoms with Crippen molar-refractivity contribution in [3.05, 3.63) is 34.3 Å². The Morgan fingerprint density at radius 3 is 2.25 bits per heavy atom. The van der Waals surface area contributed by atoms with E-state index < -0.39 is 17.3 Å². The first kappa shape index (κ1) is 13.6. The fourth-order valence-corrected chi connectivity index (χ4v) is 1.96. The Hall–Kier alpha value is -0.450. The molecule has 2 rings (SSSR count). The molecular weight excluding hydrogens is 262 g/mol. The van der Waals surface area contributed by atoms with E-state index in [-0.39, 0.29) is 17.4 Å². The van der Waals surface area contributed by atoms with Crippen molar-refractivity contribution in [3.63, 3.8) is 0 Å². The first-order valence-electron chi connectivity index (χ1n) is 4.50. The molecule has 1 aromatic carbocycles. The van der Waals surface area contributed by atoms with Crippen molar-refractivity contribution in [2.24, 2.45) is 5.73 Å². The van der Waals surface area contributed by atoms with Crippen LogP contribution in [0.3, 0.4) is 0 Å². The first-order valence-corrected chi connectivity index (χ1v) is 4.87. The average molecular weight is 272 g/mol. The number of benzene rings is 1. The van der Waals surface area contributed by atoms with Gasteiger partial charge in [-0.15, -0.1) is 12.4 Å². The van der Waals surface area contributed by atoms with Crippen LogP contribution in [0.25, 0.3) is 0 Å². The lowest BCUT2D eigenvalue weighted by atomic mass is 10.0. The number of hydrogen-bond acceptors (Lipinski definition) is 1. The predicted molar refractivity (Wildman–Crippen MR) is 58.8 cm³/mol. The molecule has 0 saturated heterocycles. The summed E-state index contributed by atoms with van der Waals surface area (Å²) < 4.78 is 37.5. The highest BCUT2D eigenvalue weighted by molar-refractivity contribution is 6.32. The summed E-state index contributed by atoms with van der Waals surface area (Å²) in [6.07, 6.45) is -3.04. The number of rotatable bonds is 1. The summed E-state index contributed by atoms with van der Waals surface area (Å²) in [5, 5.41) is -0.259. The second-order valence-corrected chi connectivity index (χ2v) is 4.20. The lowest BCUT2D eigenvalue weighted by Crippen LogP contribution is -2.20. The Bertz CT molecular complexity index is 376. The zero-order valence-electron chi connectivity index (χ0n) is 8.14. The maximum Gasteiger partial charge on any atom is 0.417 e. The fourth-order valence-electron chi connectivity index (χ4n) is 1.54. The van der Waals surface area contributed by atoms with Gasteiger partial charge in [0.15, 0.2) is 0 Å². The van der Waals surface area contributed by atoms with Gasteiger partial charge in [-0.3, -0.25) is 0 Å². The molecule has 1 aromatic rings. The summed E-state index contributed by atoms with van der Waals surface area (Å²) in [6, 6.07) is 3.87. The van der Waals surface area contributed by atoms with Gasteiger partial charge in [0, 0.05) is 5.54 Å². The van der Waals surface area contributed by atoms with Gasteiger partial charge in [0.1, 0.15) is 0 Å². The van der Waals surface area contributed by atoms with Gasteiger partial charge in [-0.2, -0.15) is 13.2 Å². The highest BCUT2D eigenvalue weighted by Crippen LogP contribution is 2.48. The molecular formula is C10H10Cl2F3N. The van der Waals surface area contributed by atoms with Crippen LogP contribution in [0.1, 0.15) is 24.0 Å². The summed E-state index contributed by atoms with van der Waals surface area (Å²) in [4.78, 5) is 0. The Labute approximate surface area is 102 Å². The molecule has 0 aromatic heterocycles. The lowest BCUT2D eigenvalue weighted by Gasteiger charge is -2.16. The summed E-state index contributed by atoms with van der Waals surface area (Å²) in [5.74, 6) is 0. The van der Waals surface area contributed by atoms with Gasteiger partial charge in [-0.25, -0.2) is 0 Å². The molecule has 0 spiro atoms. The lowest BCUT2D eigenvalue weighted by molar-refractivity contribution is -0.137. The Balaban J connectivity index is 0.00000128. The molecule has 1 nitrogen and oxygen atoms in total. The van der Waals surface area contributed by atoms with E-state index in [0.717, 1.165) is 6.07 Å². The maximum atomic E-state index is 12.5. The van der Waals surface area contributed by atoms with Gasteiger partial charge < -0.3 is 5.73 Å². The second kappa shape index (κ2) is 4.09. The van der Waals surface area contributed by atoms with Gasteiger partial charge in [0.05, 0.1) is 10.6 Å². The van der Waals surface area contributed by atoms with Crippen LogP contribution in [0.4, 0.5) is 13.2 Å². The molecule has 0 unspecified atom stereocenters. The average Bonchev–Trinajstić information content (AvgIpc) is 2.83. The van der Waals surface area contributed by atoms with Gasteiger partial charge in [-0.1, -0.05) is 23.7 Å². The normalized spacial score (nSPS) is 17.8. The Morgan fingerprint density at radius 2 is 1.81 bits per heavy atom. The van der Waals surface area contributed by atoms with Crippen molar-refractivity contribution in [1.29, 1.82) is 0 Å². The fraction of sp³-hybridized carbons (Fsp3) is 0.400. The van der Waals surface area contributed by atoms with Gasteiger partial charge in [0.2, 0.25) is 0 Å². The predicted octanol–water partition coefficient (Wildman–Crippen LogP) is 3.73. The summed E-state index contributed by atoms with van der Waals surface area (Å²) >= 11 is 5.72. The van der Waals surface area contributed by atoms with Crippen molar-refractivity contribution in [3.8, 4) is 0 Å². The molecule has 1 fully saturated rings. The molecule has 0 atom stereocenters. The molecule has 1 saturated carbocycles. The highest BCUT2D eigenvalue weighted by Gasteiger charge is 2.44. The summed E-state index contributed by atoms with van der Waals surface area (Å²) in [5.41, 5.74) is 4.78. The molecule has 1 aliphatic carbocycles. The van der Waals surface area contributed by atoms with Crippen LogP contribution < -0.4 is 5.73 Å². The molecule has 1 aliphatic rings. The van der Waals surface area contributed by atoms with E-state index in [2.05, 4.69) is 0 Å². The maximum absolute atomic E-state index is 12.5. The van der Waals surface area contributed by atoms with Crippen LogP contribution in [0.5, 0.6) is 0 Å². The minimum atomic E-state index is -4.42. The largest absolute Gasteiger partial charge is 0.417 e. The number of halogens is 5. The van der Waals surface area contributed by atoms with Crippen molar-refractivity contribution >= 4 is 24.0 Å². The zero-order valence-corrected chi connectivity index (χ0v) is 9.72. The minimum absolute atomic E-state index is 0. The number of nitrogens with two attached hydrogens (primary N) is 1. The molecule has 2 N–H and O–H groups in total. The quantitative estimate of drug-likeness (QED) is 0.828. The molecule has 90 valence electrons. The highest BCUT2D eigenvalue weighted by atomic mass is 35.5. The van der Waals surface area contributed by atoms with E-state index in [9.17, 15) is 13.2 Å². The standard InChI is InChI=1S/C10H9ClF3N.ClH/c11-8-6(9(15)4-5-9)2-1-3-7(8)10(12,13)14;/h1-3H,4-5,15H2;1H.